The zero-order valence-corrected chi connectivity index (χ0v) is 6.77. The van der Waals surface area contributed by atoms with E-state index in [4.69, 9.17) is 10.2 Å². The maximum Gasteiger partial charge on any atom is 0.330 e. The average Bonchev–Trinajstić information content (AvgIpc) is 2.12. The molecule has 0 aromatic rings. The molecular weight excluding hydrogens is 162 g/mol. The van der Waals surface area contributed by atoms with Crippen LogP contribution in [0.25, 0.3) is 0 Å². The van der Waals surface area contributed by atoms with E-state index in [0.717, 1.165) is 6.08 Å². The molecule has 0 aliphatic rings. The molecule has 0 aromatic carbocycles. The van der Waals surface area contributed by atoms with Gasteiger partial charge in [0.1, 0.15) is 6.61 Å². The van der Waals surface area contributed by atoms with Crippen LogP contribution in [0.15, 0.2) is 12.7 Å². The first-order valence-electron chi connectivity index (χ1n) is 3.47. The maximum atomic E-state index is 10.5. The summed E-state index contributed by atoms with van der Waals surface area (Å²) in [5, 5.41) is 17.1. The molecule has 0 saturated carbocycles. The van der Waals surface area contributed by atoms with Crippen LogP contribution in [-0.4, -0.2) is 47.7 Å². The Morgan fingerprint density at radius 1 is 1.50 bits per heavy atom. The predicted octanol–water partition coefficient (Wildman–Crippen LogP) is -1.08. The highest BCUT2D eigenvalue weighted by atomic mass is 16.5. The third kappa shape index (κ3) is 4.84. The number of carbonyl (C=O) groups excluding carboxylic acids is 1. The highest BCUT2D eigenvalue weighted by Crippen LogP contribution is 1.85. The lowest BCUT2D eigenvalue weighted by Gasteiger charge is -2.14. The van der Waals surface area contributed by atoms with Crippen LogP contribution < -0.4 is 0 Å². The van der Waals surface area contributed by atoms with Gasteiger partial charge in [-0.05, 0) is 0 Å². The van der Waals surface area contributed by atoms with Gasteiger partial charge in [0.25, 0.3) is 0 Å². The number of hydrogen-bond donors (Lipinski definition) is 2. The van der Waals surface area contributed by atoms with Gasteiger partial charge in [-0.25, -0.2) is 4.79 Å². The highest BCUT2D eigenvalue weighted by molar-refractivity contribution is 5.81. The molecule has 0 saturated heterocycles. The fourth-order valence-corrected chi connectivity index (χ4v) is 0.520. The minimum Gasteiger partial charge on any atom is -0.461 e. The van der Waals surface area contributed by atoms with Gasteiger partial charge in [-0.1, -0.05) is 6.58 Å². The van der Waals surface area contributed by atoms with Crippen LogP contribution in [0.5, 0.6) is 0 Å². The molecule has 0 aromatic heterocycles. The van der Waals surface area contributed by atoms with E-state index in [0.29, 0.717) is 6.54 Å². The van der Waals surface area contributed by atoms with Crippen LogP contribution in [0, 0.1) is 0 Å². The lowest BCUT2D eigenvalue weighted by Crippen LogP contribution is -2.29. The van der Waals surface area contributed by atoms with Crippen LogP contribution in [-0.2, 0) is 9.53 Å². The number of aliphatic hydroxyl groups excluding tert-OH is 2. The number of aliphatic hydroxyl groups is 2. The number of ether oxygens (including phenoxy) is 1. The summed E-state index contributed by atoms with van der Waals surface area (Å²) in [5.41, 5.74) is 0. The smallest absolute Gasteiger partial charge is 0.330 e. The Morgan fingerprint density at radius 2 is 2.08 bits per heavy atom. The largest absolute Gasteiger partial charge is 0.461 e. The summed E-state index contributed by atoms with van der Waals surface area (Å²) in [6.45, 7) is 3.12. The summed E-state index contributed by atoms with van der Waals surface area (Å²) in [5.74, 6) is -0.508. The average molecular weight is 175 g/mol. The van der Waals surface area contributed by atoms with E-state index in [1.54, 1.807) is 0 Å². The number of esters is 1. The molecule has 0 aliphatic carbocycles. The number of carbonyl (C=O) groups is 1. The zero-order valence-electron chi connectivity index (χ0n) is 6.77. The molecule has 5 nitrogen and oxygen atoms in total. The number of rotatable bonds is 6. The van der Waals surface area contributed by atoms with Gasteiger partial charge in [0.15, 0.2) is 0 Å². The molecule has 0 radical (unpaired) electrons. The summed E-state index contributed by atoms with van der Waals surface area (Å²) in [6, 6.07) is 0. The first-order valence-corrected chi connectivity index (χ1v) is 3.47. The van der Waals surface area contributed by atoms with E-state index in [-0.39, 0.29) is 20.1 Å². The van der Waals surface area contributed by atoms with Gasteiger partial charge < -0.3 is 14.9 Å². The molecule has 0 bridgehead atoms. The molecule has 5 heteroatoms. The van der Waals surface area contributed by atoms with Crippen molar-refractivity contribution in [3.63, 3.8) is 0 Å². The number of nitrogens with zero attached hydrogens (tertiary/aromatic N) is 1. The summed E-state index contributed by atoms with van der Waals surface area (Å²) in [7, 11) is 0. The predicted molar refractivity (Wildman–Crippen MR) is 42.0 cm³/mol. The molecule has 0 rings (SSSR count). The third-order valence-electron chi connectivity index (χ3n) is 1.22. The molecule has 12 heavy (non-hydrogen) atoms. The van der Waals surface area contributed by atoms with Crippen molar-refractivity contribution in [3.05, 3.63) is 12.7 Å². The third-order valence-corrected chi connectivity index (χ3v) is 1.22. The Balaban J connectivity index is 3.40. The van der Waals surface area contributed by atoms with Crippen molar-refractivity contribution in [2.24, 2.45) is 0 Å². The molecule has 0 fully saturated rings. The van der Waals surface area contributed by atoms with E-state index in [1.165, 1.54) is 4.90 Å². The van der Waals surface area contributed by atoms with Gasteiger partial charge in [0, 0.05) is 12.6 Å². The molecule has 70 valence electrons. The summed E-state index contributed by atoms with van der Waals surface area (Å²) < 4.78 is 4.60. The van der Waals surface area contributed by atoms with Crippen molar-refractivity contribution in [1.82, 2.24) is 4.90 Å². The minimum atomic E-state index is -0.508. The zero-order chi connectivity index (χ0) is 9.40. The molecule has 2 N–H and O–H groups in total. The van der Waals surface area contributed by atoms with Crippen molar-refractivity contribution < 1.29 is 19.7 Å². The fourth-order valence-electron chi connectivity index (χ4n) is 0.520. The normalized spacial score (nSPS) is 9.92. The second-order valence-electron chi connectivity index (χ2n) is 2.05. The van der Waals surface area contributed by atoms with Gasteiger partial charge >= 0.3 is 5.97 Å². The van der Waals surface area contributed by atoms with Gasteiger partial charge in [-0.2, -0.15) is 0 Å². The molecule has 0 aliphatic heterocycles. The van der Waals surface area contributed by atoms with Crippen molar-refractivity contribution in [3.8, 4) is 0 Å². The van der Waals surface area contributed by atoms with Crippen LogP contribution in [0.1, 0.15) is 0 Å². The van der Waals surface area contributed by atoms with E-state index in [2.05, 4.69) is 11.3 Å². The van der Waals surface area contributed by atoms with E-state index >= 15 is 0 Å². The Labute approximate surface area is 70.9 Å². The molecular formula is C7H13NO4. The highest BCUT2D eigenvalue weighted by Gasteiger charge is 2.01. The SMILES string of the molecule is C=CC(=O)OCCN(CO)CO. The van der Waals surface area contributed by atoms with Crippen molar-refractivity contribution in [2.75, 3.05) is 26.6 Å². The molecule has 0 heterocycles. The van der Waals surface area contributed by atoms with Gasteiger partial charge in [-0.3, -0.25) is 4.90 Å². The molecule has 0 amide bonds. The monoisotopic (exact) mass is 175 g/mol. The molecule has 0 spiro atoms. The van der Waals surface area contributed by atoms with Crippen LogP contribution in [0.4, 0.5) is 0 Å². The Kier molecular flexibility index (Phi) is 6.26. The quantitative estimate of drug-likeness (QED) is 0.305. The maximum absolute atomic E-state index is 10.5. The Hall–Kier alpha value is -0.910. The van der Waals surface area contributed by atoms with Crippen LogP contribution in [0.2, 0.25) is 0 Å². The lowest BCUT2D eigenvalue weighted by molar-refractivity contribution is -0.138. The Bertz CT molecular complexity index is 144. The lowest BCUT2D eigenvalue weighted by atomic mass is 10.6. The van der Waals surface area contributed by atoms with Gasteiger partial charge in [-0.15, -0.1) is 0 Å². The van der Waals surface area contributed by atoms with Crippen molar-refractivity contribution in [2.45, 2.75) is 0 Å². The van der Waals surface area contributed by atoms with Crippen molar-refractivity contribution >= 4 is 5.97 Å². The standard InChI is InChI=1S/C7H13NO4/c1-2-7(11)12-4-3-8(5-9)6-10/h2,9-10H,1,3-6H2. The van der Waals surface area contributed by atoms with E-state index in [9.17, 15) is 4.79 Å². The van der Waals surface area contributed by atoms with Gasteiger partial charge in [0.05, 0.1) is 13.5 Å². The summed E-state index contributed by atoms with van der Waals surface area (Å²) in [6.07, 6.45) is 1.06. The van der Waals surface area contributed by atoms with Crippen LogP contribution in [0.3, 0.4) is 0 Å². The van der Waals surface area contributed by atoms with Crippen molar-refractivity contribution in [1.29, 1.82) is 0 Å². The Morgan fingerprint density at radius 3 is 2.50 bits per heavy atom. The second-order valence-corrected chi connectivity index (χ2v) is 2.05. The minimum absolute atomic E-state index is 0.131. The molecule has 0 unspecified atom stereocenters. The first-order chi connectivity index (χ1) is 5.74. The number of hydrogen-bond acceptors (Lipinski definition) is 5. The first kappa shape index (κ1) is 11.1. The van der Waals surface area contributed by atoms with E-state index in [1.807, 2.05) is 0 Å². The van der Waals surface area contributed by atoms with Crippen LogP contribution >= 0.6 is 0 Å². The summed E-state index contributed by atoms with van der Waals surface area (Å²) in [4.78, 5) is 11.8. The summed E-state index contributed by atoms with van der Waals surface area (Å²) >= 11 is 0. The van der Waals surface area contributed by atoms with Gasteiger partial charge in [0.2, 0.25) is 0 Å². The second kappa shape index (κ2) is 6.78. The molecule has 0 atom stereocenters. The van der Waals surface area contributed by atoms with E-state index < -0.39 is 5.97 Å². The fraction of sp³-hybridized carbons (Fsp3) is 0.571. The topological polar surface area (TPSA) is 70.0 Å².